The minimum atomic E-state index is -0.490. The van der Waals surface area contributed by atoms with Gasteiger partial charge in [0.2, 0.25) is 0 Å². The molecule has 1 fully saturated rings. The van der Waals surface area contributed by atoms with E-state index >= 15 is 0 Å². The van der Waals surface area contributed by atoms with Crippen molar-refractivity contribution in [2.75, 3.05) is 29.5 Å². The Bertz CT molecular complexity index is 828. The summed E-state index contributed by atoms with van der Waals surface area (Å²) in [6.07, 6.45) is -0.0190. The normalized spacial score (nSPS) is 20.6. The van der Waals surface area contributed by atoms with Crippen molar-refractivity contribution < 1.29 is 23.9 Å². The summed E-state index contributed by atoms with van der Waals surface area (Å²) in [4.78, 5) is 39.5. The Morgan fingerprint density at radius 3 is 2.79 bits per heavy atom. The predicted molar refractivity (Wildman–Crippen MR) is 108 cm³/mol. The van der Waals surface area contributed by atoms with Gasteiger partial charge in [-0.25, -0.2) is 4.79 Å². The van der Waals surface area contributed by atoms with E-state index in [9.17, 15) is 14.4 Å². The minimum absolute atomic E-state index is 0.0543. The lowest BCUT2D eigenvalue weighted by atomic mass is 10.1. The van der Waals surface area contributed by atoms with Gasteiger partial charge in [0.05, 0.1) is 18.1 Å². The highest BCUT2D eigenvalue weighted by Gasteiger charge is 2.35. The Morgan fingerprint density at radius 1 is 1.36 bits per heavy atom. The van der Waals surface area contributed by atoms with E-state index < -0.39 is 12.1 Å². The summed E-state index contributed by atoms with van der Waals surface area (Å²) in [5.74, 6) is -0.757. The quantitative estimate of drug-likeness (QED) is 0.590. The van der Waals surface area contributed by atoms with Gasteiger partial charge in [-0.05, 0) is 44.0 Å². The molecule has 2 aliphatic rings. The Morgan fingerprint density at radius 2 is 2.11 bits per heavy atom. The molecule has 28 heavy (non-hydrogen) atoms. The van der Waals surface area contributed by atoms with Gasteiger partial charge in [-0.1, -0.05) is 12.2 Å². The third kappa shape index (κ3) is 4.24. The molecule has 9 heteroatoms. The second-order valence-corrected chi connectivity index (χ2v) is 7.58. The number of esters is 1. The van der Waals surface area contributed by atoms with E-state index in [1.807, 2.05) is 19.1 Å². The van der Waals surface area contributed by atoms with E-state index in [1.54, 1.807) is 22.8 Å². The SMILES string of the molecule is CC(=O)OCC(=O)N1c2ccc(N3C[C@@H](CNC(C)=S)OC3=O)cc2C[C@H]1C. The van der Waals surface area contributed by atoms with Crippen LogP contribution in [0.1, 0.15) is 26.3 Å². The van der Waals surface area contributed by atoms with Gasteiger partial charge in [0, 0.05) is 24.3 Å². The van der Waals surface area contributed by atoms with Gasteiger partial charge < -0.3 is 19.7 Å². The van der Waals surface area contributed by atoms with Crippen molar-refractivity contribution in [3.8, 4) is 0 Å². The van der Waals surface area contributed by atoms with Crippen LogP contribution in [0.2, 0.25) is 0 Å². The highest BCUT2D eigenvalue weighted by molar-refractivity contribution is 7.80. The maximum Gasteiger partial charge on any atom is 0.414 e. The van der Waals surface area contributed by atoms with Crippen molar-refractivity contribution in [3.05, 3.63) is 23.8 Å². The fraction of sp³-hybridized carbons (Fsp3) is 0.474. The summed E-state index contributed by atoms with van der Waals surface area (Å²) in [7, 11) is 0. The molecule has 2 atom stereocenters. The zero-order valence-corrected chi connectivity index (χ0v) is 16.9. The van der Waals surface area contributed by atoms with Crippen molar-refractivity contribution in [2.24, 2.45) is 0 Å². The molecule has 1 saturated heterocycles. The highest BCUT2D eigenvalue weighted by Crippen LogP contribution is 2.36. The average Bonchev–Trinajstić information content (AvgIpc) is 3.16. The van der Waals surface area contributed by atoms with Crippen LogP contribution in [0.5, 0.6) is 0 Å². The number of hydrogen-bond donors (Lipinski definition) is 1. The van der Waals surface area contributed by atoms with Gasteiger partial charge >= 0.3 is 12.1 Å². The van der Waals surface area contributed by atoms with Crippen LogP contribution in [-0.2, 0) is 25.5 Å². The highest BCUT2D eigenvalue weighted by atomic mass is 32.1. The molecular weight excluding hydrogens is 382 g/mol. The lowest BCUT2D eigenvalue weighted by molar-refractivity contribution is -0.145. The molecule has 1 aromatic carbocycles. The molecule has 0 aliphatic carbocycles. The van der Waals surface area contributed by atoms with E-state index in [0.29, 0.717) is 24.5 Å². The molecule has 0 saturated carbocycles. The molecular formula is C19H23N3O5S. The summed E-state index contributed by atoms with van der Waals surface area (Å²) in [5, 5.41) is 3.01. The largest absolute Gasteiger partial charge is 0.456 e. The lowest BCUT2D eigenvalue weighted by Gasteiger charge is -2.22. The molecule has 3 rings (SSSR count). The van der Waals surface area contributed by atoms with Gasteiger partial charge in [-0.15, -0.1) is 0 Å². The average molecular weight is 405 g/mol. The van der Waals surface area contributed by atoms with E-state index in [1.165, 1.54) is 6.92 Å². The number of carbonyl (C=O) groups excluding carboxylic acids is 3. The van der Waals surface area contributed by atoms with Gasteiger partial charge in [0.25, 0.3) is 5.91 Å². The summed E-state index contributed by atoms with van der Waals surface area (Å²) < 4.78 is 10.2. The molecule has 0 aromatic heterocycles. The van der Waals surface area contributed by atoms with E-state index in [2.05, 4.69) is 5.32 Å². The first kappa shape index (κ1) is 20.1. The Labute approximate surface area is 168 Å². The molecule has 150 valence electrons. The fourth-order valence-electron chi connectivity index (χ4n) is 3.49. The zero-order valence-electron chi connectivity index (χ0n) is 16.1. The Balaban J connectivity index is 1.73. The number of ether oxygens (including phenoxy) is 2. The summed E-state index contributed by atoms with van der Waals surface area (Å²) >= 11 is 4.99. The summed E-state index contributed by atoms with van der Waals surface area (Å²) in [6, 6.07) is 5.47. The maximum atomic E-state index is 12.4. The smallest absolute Gasteiger partial charge is 0.414 e. The lowest BCUT2D eigenvalue weighted by Crippen LogP contribution is -2.38. The number of amides is 2. The number of anilines is 2. The van der Waals surface area contributed by atoms with Crippen molar-refractivity contribution in [2.45, 2.75) is 39.3 Å². The molecule has 1 N–H and O–H groups in total. The van der Waals surface area contributed by atoms with Crippen molar-refractivity contribution in [1.29, 1.82) is 0 Å². The molecule has 2 aliphatic heterocycles. The van der Waals surface area contributed by atoms with E-state index in [-0.39, 0.29) is 24.7 Å². The van der Waals surface area contributed by atoms with Gasteiger partial charge in [-0.3, -0.25) is 14.5 Å². The molecule has 8 nitrogen and oxygen atoms in total. The van der Waals surface area contributed by atoms with Crippen LogP contribution in [0.4, 0.5) is 16.2 Å². The van der Waals surface area contributed by atoms with Crippen LogP contribution in [-0.4, -0.2) is 54.8 Å². The van der Waals surface area contributed by atoms with Crippen LogP contribution in [0.25, 0.3) is 0 Å². The number of fused-ring (bicyclic) bond motifs is 1. The summed E-state index contributed by atoms with van der Waals surface area (Å²) in [6.45, 7) is 5.60. The number of cyclic esters (lactones) is 1. The van der Waals surface area contributed by atoms with E-state index in [4.69, 9.17) is 21.7 Å². The fourth-order valence-corrected chi connectivity index (χ4v) is 3.58. The molecule has 2 heterocycles. The predicted octanol–water partition coefficient (Wildman–Crippen LogP) is 1.79. The van der Waals surface area contributed by atoms with Gasteiger partial charge in [-0.2, -0.15) is 0 Å². The van der Waals surface area contributed by atoms with Crippen LogP contribution in [0, 0.1) is 0 Å². The third-order valence-electron chi connectivity index (χ3n) is 4.71. The van der Waals surface area contributed by atoms with Crippen molar-refractivity contribution >= 4 is 46.6 Å². The standard InChI is InChI=1S/C19H23N3O5S/c1-11-6-14-7-15(21-9-16(27-19(21)25)8-20-12(2)28)4-5-17(14)22(11)18(24)10-26-13(3)23/h4-5,7,11,16H,6,8-10H2,1-3H3,(H,20,28)/t11-,16-/m1/s1. The monoisotopic (exact) mass is 405 g/mol. The molecule has 0 bridgehead atoms. The maximum absolute atomic E-state index is 12.4. The number of thiocarbonyl (C=S) groups is 1. The van der Waals surface area contributed by atoms with Crippen LogP contribution < -0.4 is 15.1 Å². The number of rotatable bonds is 5. The van der Waals surface area contributed by atoms with E-state index in [0.717, 1.165) is 16.9 Å². The molecule has 2 amide bonds. The first-order valence-corrected chi connectivity index (χ1v) is 9.48. The number of nitrogens with zero attached hydrogens (tertiary/aromatic N) is 2. The van der Waals surface area contributed by atoms with Crippen LogP contribution in [0.15, 0.2) is 18.2 Å². The van der Waals surface area contributed by atoms with Gasteiger partial charge in [0.15, 0.2) is 6.61 Å². The molecule has 0 spiro atoms. The van der Waals surface area contributed by atoms with Crippen LogP contribution >= 0.6 is 12.2 Å². The number of carbonyl (C=O) groups is 3. The molecule has 0 unspecified atom stereocenters. The minimum Gasteiger partial charge on any atom is -0.456 e. The zero-order chi connectivity index (χ0) is 20.4. The van der Waals surface area contributed by atoms with Crippen LogP contribution in [0.3, 0.4) is 0 Å². The Kier molecular flexibility index (Phi) is 5.83. The number of nitrogens with one attached hydrogen (secondary N) is 1. The third-order valence-corrected chi connectivity index (χ3v) is 4.86. The summed E-state index contributed by atoms with van der Waals surface area (Å²) in [5.41, 5.74) is 2.47. The number of benzene rings is 1. The molecule has 1 aromatic rings. The first-order valence-electron chi connectivity index (χ1n) is 9.07. The van der Waals surface area contributed by atoms with Gasteiger partial charge in [0.1, 0.15) is 6.10 Å². The topological polar surface area (TPSA) is 88.2 Å². The van der Waals surface area contributed by atoms with Crippen molar-refractivity contribution in [3.63, 3.8) is 0 Å². The molecule has 0 radical (unpaired) electrons. The second kappa shape index (κ2) is 8.14. The number of hydrogen-bond acceptors (Lipinski definition) is 6. The second-order valence-electron chi connectivity index (χ2n) is 6.96. The Hall–Kier alpha value is -2.68. The van der Waals surface area contributed by atoms with Crippen molar-refractivity contribution in [1.82, 2.24) is 5.32 Å². The first-order chi connectivity index (χ1) is 13.3.